The number of thiazole rings is 1. The van der Waals surface area contributed by atoms with E-state index in [-0.39, 0.29) is 15.6 Å². The van der Waals surface area contributed by atoms with Gasteiger partial charge in [-0.1, -0.05) is 41.3 Å². The molecule has 4 heterocycles. The van der Waals surface area contributed by atoms with Crippen LogP contribution in [0.15, 0.2) is 87.8 Å². The topological polar surface area (TPSA) is 162 Å². The van der Waals surface area contributed by atoms with Gasteiger partial charge in [0.25, 0.3) is 0 Å². The number of pyridine rings is 1. The number of carbonyl (C=O) groups is 3. The molecule has 4 aromatic rings. The molecule has 17 heteroatoms. The van der Waals surface area contributed by atoms with E-state index in [4.69, 9.17) is 5.14 Å². The minimum atomic E-state index is -4.84. The van der Waals surface area contributed by atoms with E-state index in [2.05, 4.69) is 10.3 Å². The van der Waals surface area contributed by atoms with Gasteiger partial charge in [-0.25, -0.2) is 18.5 Å². The highest BCUT2D eigenvalue weighted by Gasteiger charge is 2.57. The number of para-hydroxylation sites is 1. The molecule has 1 saturated heterocycles. The van der Waals surface area contributed by atoms with Gasteiger partial charge in [0.1, 0.15) is 11.8 Å². The summed E-state index contributed by atoms with van der Waals surface area (Å²) in [6.45, 7) is -0.505. The first kappa shape index (κ1) is 30.7. The van der Waals surface area contributed by atoms with E-state index in [0.29, 0.717) is 15.3 Å². The minimum absolute atomic E-state index is 0.168. The van der Waals surface area contributed by atoms with Crippen LogP contribution in [-0.2, 0) is 37.1 Å². The summed E-state index contributed by atoms with van der Waals surface area (Å²) in [7, 11) is -3.95. The molecular formula is C28H20F3N5O6S3. The third kappa shape index (κ3) is 5.56. The Labute approximate surface area is 260 Å². The number of anilines is 2. The maximum atomic E-state index is 13.9. The number of sulfonamides is 1. The van der Waals surface area contributed by atoms with Crippen LogP contribution in [-0.4, -0.2) is 40.9 Å². The van der Waals surface area contributed by atoms with Crippen molar-refractivity contribution < 1.29 is 36.0 Å². The fraction of sp³-hybridized carbons (Fsp3) is 0.179. The number of nitrogens with two attached hydrogens (primary N) is 1. The second-order valence-electron chi connectivity index (χ2n) is 10.1. The predicted molar refractivity (Wildman–Crippen MR) is 158 cm³/mol. The number of benzene rings is 2. The van der Waals surface area contributed by atoms with E-state index in [0.717, 1.165) is 45.9 Å². The molecule has 2 aliphatic rings. The molecule has 0 bridgehead atoms. The van der Waals surface area contributed by atoms with Crippen LogP contribution in [0.5, 0.6) is 0 Å². The molecule has 1 fully saturated rings. The Morgan fingerprint density at radius 3 is 2.36 bits per heavy atom. The normalized spacial score (nSPS) is 19.7. The molecule has 232 valence electrons. The van der Waals surface area contributed by atoms with Crippen molar-refractivity contribution in [3.05, 3.63) is 98.7 Å². The zero-order valence-corrected chi connectivity index (χ0v) is 25.0. The summed E-state index contributed by atoms with van der Waals surface area (Å²) in [6.07, 6.45) is -1.90. The summed E-state index contributed by atoms with van der Waals surface area (Å²) in [6, 6.07) is 12.6. The molecule has 11 nitrogen and oxygen atoms in total. The first-order chi connectivity index (χ1) is 21.3. The number of carbonyl (C=O) groups excluding carboxylic acids is 3. The number of aromatic nitrogens is 2. The standard InChI is InChI=1S/C28H20F3N5O6S3/c29-28(30,31)17-5-1-2-6-18(17)36-24(38)21-20(14-4-3-11-33-12-14)23-26(43-22(21)25(36)39)35(27(40)44-23)13-19(37)34-15-7-9-16(10-8-15)45(32,41)42/h1-12,20-22H,13H2,(H,34,37)(H2,32,41,42)/t20-,21?,22?/m1/s1. The van der Waals surface area contributed by atoms with Crippen molar-refractivity contribution in [1.82, 2.24) is 9.55 Å². The highest BCUT2D eigenvalue weighted by molar-refractivity contribution is 8.00. The second kappa shape index (κ2) is 11.2. The molecule has 0 aliphatic carbocycles. The Kier molecular flexibility index (Phi) is 7.67. The van der Waals surface area contributed by atoms with E-state index >= 15 is 0 Å². The average molecular weight is 676 g/mol. The number of amides is 3. The minimum Gasteiger partial charge on any atom is -0.325 e. The fourth-order valence-electron chi connectivity index (χ4n) is 5.39. The number of fused-ring (bicyclic) bond motifs is 2. The molecule has 6 rings (SSSR count). The van der Waals surface area contributed by atoms with Crippen LogP contribution in [0, 0.1) is 5.92 Å². The number of thioether (sulfide) groups is 1. The summed E-state index contributed by atoms with van der Waals surface area (Å²) >= 11 is 1.61. The number of hydrogen-bond acceptors (Lipinski definition) is 9. The highest BCUT2D eigenvalue weighted by Crippen LogP contribution is 2.54. The molecule has 3 atom stereocenters. The van der Waals surface area contributed by atoms with Crippen LogP contribution in [0.1, 0.15) is 21.9 Å². The zero-order chi connectivity index (χ0) is 32.3. The first-order valence-corrected chi connectivity index (χ1v) is 16.3. The number of nitrogens with zero attached hydrogens (tertiary/aromatic N) is 3. The van der Waals surface area contributed by atoms with Gasteiger partial charge in [0.15, 0.2) is 0 Å². The Bertz CT molecular complexity index is 2010. The summed E-state index contributed by atoms with van der Waals surface area (Å²) in [5, 5.41) is 6.69. The van der Waals surface area contributed by atoms with Gasteiger partial charge in [0.05, 0.1) is 27.1 Å². The summed E-state index contributed by atoms with van der Waals surface area (Å²) < 4.78 is 65.9. The summed E-state index contributed by atoms with van der Waals surface area (Å²) in [5.74, 6) is -4.45. The molecule has 3 N–H and O–H groups in total. The number of primary sulfonamides is 1. The average Bonchev–Trinajstić information content (AvgIpc) is 3.43. The smallest absolute Gasteiger partial charge is 0.325 e. The maximum Gasteiger partial charge on any atom is 0.418 e. The Hall–Kier alpha value is -4.32. The molecule has 0 saturated carbocycles. The van der Waals surface area contributed by atoms with E-state index in [1.54, 1.807) is 12.1 Å². The van der Waals surface area contributed by atoms with Gasteiger partial charge in [0.2, 0.25) is 27.7 Å². The largest absolute Gasteiger partial charge is 0.418 e. The number of rotatable bonds is 6. The summed E-state index contributed by atoms with van der Waals surface area (Å²) in [5.41, 5.74) is -1.04. The lowest BCUT2D eigenvalue weighted by molar-refractivity contribution is -0.137. The van der Waals surface area contributed by atoms with E-state index in [1.807, 2.05) is 0 Å². The number of imide groups is 1. The van der Waals surface area contributed by atoms with E-state index < -0.39 is 73.7 Å². The highest BCUT2D eigenvalue weighted by atomic mass is 32.2. The SMILES string of the molecule is NS(=O)(=O)c1ccc(NC(=O)Cn2c3c(sc2=O)[C@H](c2cccnc2)C2C(=O)N(c4ccccc4C(F)(F)F)C(=O)C2S3)cc1. The predicted octanol–water partition coefficient (Wildman–Crippen LogP) is 3.41. The van der Waals surface area contributed by atoms with Gasteiger partial charge >= 0.3 is 11.0 Å². The van der Waals surface area contributed by atoms with Gasteiger partial charge in [-0.15, -0.1) is 0 Å². The van der Waals surface area contributed by atoms with Crippen LogP contribution < -0.4 is 20.2 Å². The van der Waals surface area contributed by atoms with Crippen molar-refractivity contribution in [1.29, 1.82) is 0 Å². The maximum absolute atomic E-state index is 13.9. The van der Waals surface area contributed by atoms with Gasteiger partial charge in [-0.05, 0) is 48.0 Å². The van der Waals surface area contributed by atoms with Crippen molar-refractivity contribution in [2.75, 3.05) is 10.2 Å². The molecule has 2 unspecified atom stereocenters. The van der Waals surface area contributed by atoms with Gasteiger partial charge in [-0.2, -0.15) is 13.2 Å². The number of nitrogens with one attached hydrogen (secondary N) is 1. The Balaban J connectivity index is 1.38. The third-order valence-electron chi connectivity index (χ3n) is 7.31. The van der Waals surface area contributed by atoms with Gasteiger partial charge < -0.3 is 5.32 Å². The van der Waals surface area contributed by atoms with Crippen molar-refractivity contribution >= 4 is 62.2 Å². The van der Waals surface area contributed by atoms with Crippen LogP contribution in [0.2, 0.25) is 0 Å². The molecular weight excluding hydrogens is 656 g/mol. The van der Waals surface area contributed by atoms with Crippen LogP contribution >= 0.6 is 23.1 Å². The lowest BCUT2D eigenvalue weighted by atomic mass is 9.84. The third-order valence-corrected chi connectivity index (χ3v) is 10.8. The van der Waals surface area contributed by atoms with E-state index in [1.165, 1.54) is 42.7 Å². The quantitative estimate of drug-likeness (QED) is 0.294. The number of hydrogen-bond donors (Lipinski definition) is 2. The number of alkyl halides is 3. The van der Waals surface area contributed by atoms with Gasteiger partial charge in [-0.3, -0.25) is 28.7 Å². The van der Waals surface area contributed by atoms with Crippen molar-refractivity contribution in [2.24, 2.45) is 11.1 Å². The zero-order valence-electron chi connectivity index (χ0n) is 22.6. The Morgan fingerprint density at radius 1 is 1.00 bits per heavy atom. The monoisotopic (exact) mass is 675 g/mol. The molecule has 2 aromatic carbocycles. The van der Waals surface area contributed by atoms with Crippen molar-refractivity contribution in [2.45, 2.75) is 33.8 Å². The molecule has 45 heavy (non-hydrogen) atoms. The Morgan fingerprint density at radius 2 is 1.71 bits per heavy atom. The molecule has 2 aliphatic heterocycles. The van der Waals surface area contributed by atoms with Crippen LogP contribution in [0.25, 0.3) is 0 Å². The fourth-order valence-corrected chi connectivity index (χ4v) is 8.68. The van der Waals surface area contributed by atoms with Gasteiger partial charge in [0, 0.05) is 28.9 Å². The van der Waals surface area contributed by atoms with E-state index in [9.17, 15) is 40.8 Å². The second-order valence-corrected chi connectivity index (χ2v) is 13.8. The van der Waals surface area contributed by atoms with Crippen molar-refractivity contribution in [3.8, 4) is 0 Å². The molecule has 0 radical (unpaired) electrons. The lowest BCUT2D eigenvalue weighted by Crippen LogP contribution is -2.33. The number of halogens is 3. The van der Waals surface area contributed by atoms with Crippen LogP contribution in [0.3, 0.4) is 0 Å². The molecule has 2 aromatic heterocycles. The van der Waals surface area contributed by atoms with Crippen LogP contribution in [0.4, 0.5) is 24.5 Å². The first-order valence-electron chi connectivity index (χ1n) is 13.0. The molecule has 3 amide bonds. The molecule has 0 spiro atoms. The van der Waals surface area contributed by atoms with Crippen molar-refractivity contribution in [3.63, 3.8) is 0 Å². The summed E-state index contributed by atoms with van der Waals surface area (Å²) in [4.78, 5) is 58.2. The lowest BCUT2D eigenvalue weighted by Gasteiger charge is -2.30.